The van der Waals surface area contributed by atoms with Gasteiger partial charge in [-0.25, -0.2) is 4.98 Å². The summed E-state index contributed by atoms with van der Waals surface area (Å²) in [4.78, 5) is 14.1. The van der Waals surface area contributed by atoms with Crippen molar-refractivity contribution in [3.05, 3.63) is 59.8 Å². The molecule has 0 saturated carbocycles. The molecule has 3 nitrogen and oxygen atoms in total. The highest BCUT2D eigenvalue weighted by Gasteiger charge is 1.99. The van der Waals surface area contributed by atoms with Crippen LogP contribution < -0.4 is 4.74 Å². The van der Waals surface area contributed by atoms with Crippen molar-refractivity contribution in [2.24, 2.45) is 0 Å². The van der Waals surface area contributed by atoms with Crippen LogP contribution in [0, 0.1) is 0 Å². The van der Waals surface area contributed by atoms with Crippen LogP contribution in [0.25, 0.3) is 0 Å². The van der Waals surface area contributed by atoms with Gasteiger partial charge in [-0.15, -0.1) is 0 Å². The second-order valence-electron chi connectivity index (χ2n) is 3.38. The Bertz CT molecular complexity index is 468. The Morgan fingerprint density at radius 3 is 2.69 bits per heavy atom. The van der Waals surface area contributed by atoms with Gasteiger partial charge >= 0.3 is 0 Å². The van der Waals surface area contributed by atoms with Crippen molar-refractivity contribution in [2.45, 2.75) is 6.42 Å². The average Bonchev–Trinajstić information content (AvgIpc) is 2.31. The number of rotatable bonds is 4. The van der Waals surface area contributed by atoms with Crippen molar-refractivity contribution in [3.63, 3.8) is 0 Å². The van der Waals surface area contributed by atoms with Gasteiger partial charge in [-0.1, -0.05) is 30.3 Å². The van der Waals surface area contributed by atoms with Crippen LogP contribution in [-0.4, -0.2) is 11.5 Å². The van der Waals surface area contributed by atoms with Crippen molar-refractivity contribution in [1.29, 1.82) is 0 Å². The molecule has 2 rings (SSSR count). The molecule has 1 aromatic carbocycles. The van der Waals surface area contributed by atoms with Crippen LogP contribution in [0.15, 0.2) is 48.7 Å². The van der Waals surface area contributed by atoms with Gasteiger partial charge in [0.2, 0.25) is 5.88 Å². The van der Waals surface area contributed by atoms with E-state index in [-0.39, 0.29) is 0 Å². The van der Waals surface area contributed by atoms with E-state index in [1.54, 1.807) is 12.3 Å². The fourth-order valence-corrected chi connectivity index (χ4v) is 1.51. The molecule has 1 heterocycles. The third-order valence-electron chi connectivity index (χ3n) is 2.22. The van der Waals surface area contributed by atoms with Gasteiger partial charge in [0, 0.05) is 12.3 Å². The van der Waals surface area contributed by atoms with Crippen molar-refractivity contribution in [1.82, 2.24) is 4.98 Å². The summed E-state index contributed by atoms with van der Waals surface area (Å²) < 4.78 is 4.69. The van der Waals surface area contributed by atoms with E-state index in [4.69, 9.17) is 4.74 Å². The lowest BCUT2D eigenvalue weighted by atomic mass is 10.1. The van der Waals surface area contributed by atoms with Crippen molar-refractivity contribution in [3.8, 4) is 5.88 Å². The molecule has 3 heteroatoms. The van der Waals surface area contributed by atoms with Gasteiger partial charge in [0.25, 0.3) is 6.47 Å². The van der Waals surface area contributed by atoms with Gasteiger partial charge in [0.05, 0.1) is 0 Å². The van der Waals surface area contributed by atoms with Crippen LogP contribution in [0.1, 0.15) is 11.1 Å². The highest BCUT2D eigenvalue weighted by molar-refractivity contribution is 5.43. The summed E-state index contributed by atoms with van der Waals surface area (Å²) in [5, 5.41) is 0. The Balaban J connectivity index is 2.15. The third-order valence-corrected chi connectivity index (χ3v) is 2.22. The predicted octanol–water partition coefficient (Wildman–Crippen LogP) is 2.21. The van der Waals surface area contributed by atoms with E-state index in [1.165, 1.54) is 5.56 Å². The molecule has 0 atom stereocenters. The largest absolute Gasteiger partial charge is 0.410 e. The first-order chi connectivity index (χ1) is 7.88. The second-order valence-corrected chi connectivity index (χ2v) is 3.38. The first kappa shape index (κ1) is 10.4. The van der Waals surface area contributed by atoms with Gasteiger partial charge in [0.15, 0.2) is 0 Å². The Labute approximate surface area is 93.7 Å². The Kier molecular flexibility index (Phi) is 3.28. The molecule has 80 valence electrons. The van der Waals surface area contributed by atoms with E-state index >= 15 is 0 Å². The van der Waals surface area contributed by atoms with Gasteiger partial charge in [-0.3, -0.25) is 4.79 Å². The SMILES string of the molecule is O=COc1cc(Cc2ccccc2)ccn1. The molecular weight excluding hydrogens is 202 g/mol. The third kappa shape index (κ3) is 2.67. The van der Waals surface area contributed by atoms with Crippen molar-refractivity contribution in [2.75, 3.05) is 0 Å². The maximum Gasteiger partial charge on any atom is 0.299 e. The highest BCUT2D eigenvalue weighted by Crippen LogP contribution is 2.13. The number of hydrogen-bond donors (Lipinski definition) is 0. The number of pyridine rings is 1. The molecule has 0 aliphatic rings. The average molecular weight is 213 g/mol. The summed E-state index contributed by atoms with van der Waals surface area (Å²) in [7, 11) is 0. The van der Waals surface area contributed by atoms with Crippen molar-refractivity contribution >= 4 is 6.47 Å². The molecule has 0 radical (unpaired) electrons. The van der Waals surface area contributed by atoms with E-state index in [0.29, 0.717) is 12.4 Å². The zero-order valence-corrected chi connectivity index (χ0v) is 8.67. The van der Waals surface area contributed by atoms with E-state index in [0.717, 1.165) is 12.0 Å². The van der Waals surface area contributed by atoms with Crippen LogP contribution in [0.5, 0.6) is 5.88 Å². The summed E-state index contributed by atoms with van der Waals surface area (Å²) >= 11 is 0. The molecule has 16 heavy (non-hydrogen) atoms. The minimum atomic E-state index is 0.337. The Morgan fingerprint density at radius 2 is 1.94 bits per heavy atom. The Hall–Kier alpha value is -2.16. The van der Waals surface area contributed by atoms with Gasteiger partial charge in [-0.05, 0) is 23.6 Å². The summed E-state index contributed by atoms with van der Waals surface area (Å²) in [6.45, 7) is 0.384. The molecule has 0 aliphatic heterocycles. The molecule has 0 bridgehead atoms. The molecular formula is C13H11NO2. The van der Waals surface area contributed by atoms with Gasteiger partial charge < -0.3 is 4.74 Å². The molecule has 0 amide bonds. The highest BCUT2D eigenvalue weighted by atomic mass is 16.5. The van der Waals surface area contributed by atoms with E-state index in [1.807, 2.05) is 24.3 Å². The van der Waals surface area contributed by atoms with E-state index < -0.39 is 0 Å². The predicted molar refractivity (Wildman–Crippen MR) is 60.2 cm³/mol. The first-order valence-electron chi connectivity index (χ1n) is 4.97. The van der Waals surface area contributed by atoms with Crippen LogP contribution in [0.4, 0.5) is 0 Å². The minimum Gasteiger partial charge on any atom is -0.410 e. The summed E-state index contributed by atoms with van der Waals surface area (Å²) in [6, 6.07) is 13.8. The number of ether oxygens (including phenoxy) is 1. The number of hydrogen-bond acceptors (Lipinski definition) is 3. The molecule has 1 aromatic heterocycles. The summed E-state index contributed by atoms with van der Waals surface area (Å²) in [6.07, 6.45) is 2.44. The monoisotopic (exact) mass is 213 g/mol. The summed E-state index contributed by atoms with van der Waals surface area (Å²) in [5.41, 5.74) is 2.28. The van der Waals surface area contributed by atoms with Crippen LogP contribution in [0.2, 0.25) is 0 Å². The molecule has 0 unspecified atom stereocenters. The van der Waals surface area contributed by atoms with Crippen LogP contribution in [0.3, 0.4) is 0 Å². The molecule has 0 spiro atoms. The number of nitrogens with zero attached hydrogens (tertiary/aromatic N) is 1. The minimum absolute atomic E-state index is 0.337. The maximum atomic E-state index is 10.2. The Morgan fingerprint density at radius 1 is 1.12 bits per heavy atom. The lowest BCUT2D eigenvalue weighted by Gasteiger charge is -2.02. The zero-order valence-electron chi connectivity index (χ0n) is 8.67. The molecule has 0 fully saturated rings. The maximum absolute atomic E-state index is 10.2. The van der Waals surface area contributed by atoms with Gasteiger partial charge in [0.1, 0.15) is 0 Å². The van der Waals surface area contributed by atoms with Crippen molar-refractivity contribution < 1.29 is 9.53 Å². The molecule has 0 N–H and O–H groups in total. The number of carbonyl (C=O) groups is 1. The lowest BCUT2D eigenvalue weighted by molar-refractivity contribution is -0.120. The second kappa shape index (κ2) is 5.07. The number of benzene rings is 1. The summed E-state index contributed by atoms with van der Waals surface area (Å²) in [5.74, 6) is 0.337. The lowest BCUT2D eigenvalue weighted by Crippen LogP contribution is -1.94. The van der Waals surface area contributed by atoms with Gasteiger partial charge in [-0.2, -0.15) is 0 Å². The van der Waals surface area contributed by atoms with Crippen LogP contribution in [-0.2, 0) is 11.2 Å². The topological polar surface area (TPSA) is 39.2 Å². The quantitative estimate of drug-likeness (QED) is 0.731. The van der Waals surface area contributed by atoms with Crippen LogP contribution >= 0.6 is 0 Å². The number of aromatic nitrogens is 1. The zero-order chi connectivity index (χ0) is 11.2. The van der Waals surface area contributed by atoms with E-state index in [2.05, 4.69) is 17.1 Å². The first-order valence-corrected chi connectivity index (χ1v) is 4.97. The standard InChI is InChI=1S/C13H11NO2/c15-10-16-13-9-12(6-7-14-13)8-11-4-2-1-3-5-11/h1-7,9-10H,8H2. The molecule has 2 aromatic rings. The fourth-order valence-electron chi connectivity index (χ4n) is 1.51. The molecule has 0 aliphatic carbocycles. The number of carbonyl (C=O) groups excluding carboxylic acids is 1. The fraction of sp³-hybridized carbons (Fsp3) is 0.0769. The smallest absolute Gasteiger partial charge is 0.299 e. The molecule has 0 saturated heterocycles. The van der Waals surface area contributed by atoms with E-state index in [9.17, 15) is 4.79 Å². The normalized spacial score (nSPS) is 9.75.